The van der Waals surface area contributed by atoms with Crippen molar-refractivity contribution in [1.29, 1.82) is 0 Å². The smallest absolute Gasteiger partial charge is 0.0360 e. The van der Waals surface area contributed by atoms with Gasteiger partial charge in [-0.15, -0.1) is 0 Å². The molecule has 80 valence electrons. The van der Waals surface area contributed by atoms with Crippen molar-refractivity contribution in [2.75, 3.05) is 0 Å². The lowest BCUT2D eigenvalue weighted by Crippen LogP contribution is -2.18. The fourth-order valence-corrected chi connectivity index (χ4v) is 2.67. The Morgan fingerprint density at radius 1 is 0.769 bits per heavy atom. The van der Waals surface area contributed by atoms with E-state index >= 15 is 0 Å². The second-order valence-electron chi connectivity index (χ2n) is 4.75. The van der Waals surface area contributed by atoms with Crippen LogP contribution in [0.25, 0.3) is 0 Å². The van der Waals surface area contributed by atoms with E-state index in [-0.39, 0.29) is 0 Å². The van der Waals surface area contributed by atoms with Gasteiger partial charge in [-0.3, -0.25) is 0 Å². The van der Waals surface area contributed by atoms with Gasteiger partial charge in [0.2, 0.25) is 0 Å². The molecule has 1 saturated carbocycles. The number of rotatable bonds is 2. The summed E-state index contributed by atoms with van der Waals surface area (Å²) in [4.78, 5) is 0. The van der Waals surface area contributed by atoms with Gasteiger partial charge in [0, 0.05) is 0 Å². The highest BCUT2D eigenvalue weighted by atomic mass is 14.4. The Bertz CT molecular complexity index is 99.2. The fraction of sp³-hybridized carbons (Fsp3) is 1.00. The summed E-state index contributed by atoms with van der Waals surface area (Å²) < 4.78 is 0. The number of hydrogen-bond acceptors (Lipinski definition) is 0. The molecule has 0 nitrogen and oxygen atoms in total. The molecule has 0 saturated heterocycles. The molecule has 2 atom stereocenters. The summed E-state index contributed by atoms with van der Waals surface area (Å²) in [6.07, 6.45) is 4.45. The second-order valence-corrected chi connectivity index (χ2v) is 4.75. The molecule has 0 heterocycles. The molecule has 0 spiro atoms. The largest absolute Gasteiger partial charge is 0.0683 e. The predicted molar refractivity (Wildman–Crippen MR) is 61.9 cm³/mol. The Labute approximate surface area is 85.1 Å². The van der Waals surface area contributed by atoms with Crippen LogP contribution >= 0.6 is 0 Å². The van der Waals surface area contributed by atoms with E-state index in [4.69, 9.17) is 0 Å². The summed E-state index contributed by atoms with van der Waals surface area (Å²) in [6.45, 7) is 13.5. The summed E-state index contributed by atoms with van der Waals surface area (Å²) in [5.74, 6) is 3.86. The molecule has 1 rings (SSSR count). The van der Waals surface area contributed by atoms with Gasteiger partial charge in [0.25, 0.3) is 0 Å². The van der Waals surface area contributed by atoms with Gasteiger partial charge in [0.05, 0.1) is 0 Å². The molecule has 1 aliphatic rings. The molecular weight excluding hydrogens is 156 g/mol. The van der Waals surface area contributed by atoms with Crippen molar-refractivity contribution in [2.45, 2.75) is 60.8 Å². The van der Waals surface area contributed by atoms with Crippen LogP contribution in [0.1, 0.15) is 60.8 Å². The standard InChI is InChI=1S/C11H22.C2H6/c1-8(2)10-6-5-7-11(10)9(3)4;1-2/h8-11H,5-7H2,1-4H3;1-2H3/t10-,11-;/m0./s1. The van der Waals surface area contributed by atoms with Crippen molar-refractivity contribution >= 4 is 0 Å². The Morgan fingerprint density at radius 3 is 1.31 bits per heavy atom. The molecule has 0 aromatic carbocycles. The third kappa shape index (κ3) is 3.70. The first-order valence-corrected chi connectivity index (χ1v) is 6.13. The predicted octanol–water partition coefficient (Wildman–Crippen LogP) is 4.74. The zero-order valence-corrected chi connectivity index (χ0v) is 10.4. The Hall–Kier alpha value is 0. The third-order valence-corrected chi connectivity index (χ3v) is 3.34. The van der Waals surface area contributed by atoms with Crippen LogP contribution in [-0.4, -0.2) is 0 Å². The summed E-state index contributed by atoms with van der Waals surface area (Å²) >= 11 is 0. The van der Waals surface area contributed by atoms with Crippen molar-refractivity contribution in [3.8, 4) is 0 Å². The lowest BCUT2D eigenvalue weighted by molar-refractivity contribution is 0.235. The van der Waals surface area contributed by atoms with Gasteiger partial charge in [-0.1, -0.05) is 48.0 Å². The first-order valence-electron chi connectivity index (χ1n) is 6.13. The van der Waals surface area contributed by atoms with E-state index in [0.29, 0.717) is 0 Å². The summed E-state index contributed by atoms with van der Waals surface area (Å²) in [6, 6.07) is 0. The zero-order chi connectivity index (χ0) is 10.4. The highest BCUT2D eigenvalue weighted by Crippen LogP contribution is 2.40. The topological polar surface area (TPSA) is 0 Å². The minimum atomic E-state index is 0.907. The van der Waals surface area contributed by atoms with E-state index in [1.54, 1.807) is 0 Å². The fourth-order valence-electron chi connectivity index (χ4n) is 2.67. The van der Waals surface area contributed by atoms with Gasteiger partial charge in [0.15, 0.2) is 0 Å². The van der Waals surface area contributed by atoms with E-state index < -0.39 is 0 Å². The highest BCUT2D eigenvalue weighted by molar-refractivity contribution is 4.81. The SMILES string of the molecule is CC.CC(C)[C@@H]1CCC[C@H]1C(C)C. The average molecular weight is 184 g/mol. The second kappa shape index (κ2) is 6.45. The number of hydrogen-bond donors (Lipinski definition) is 0. The van der Waals surface area contributed by atoms with Crippen molar-refractivity contribution in [3.63, 3.8) is 0 Å². The van der Waals surface area contributed by atoms with Crippen LogP contribution in [0, 0.1) is 23.7 Å². The first-order chi connectivity index (χ1) is 6.13. The van der Waals surface area contributed by atoms with Crippen molar-refractivity contribution < 1.29 is 0 Å². The Kier molecular flexibility index (Phi) is 6.45. The zero-order valence-electron chi connectivity index (χ0n) is 10.4. The maximum absolute atomic E-state index is 2.38. The van der Waals surface area contributed by atoms with E-state index in [1.807, 2.05) is 13.8 Å². The molecule has 0 aromatic heterocycles. The monoisotopic (exact) mass is 184 g/mol. The average Bonchev–Trinajstić information content (AvgIpc) is 2.55. The van der Waals surface area contributed by atoms with Gasteiger partial charge >= 0.3 is 0 Å². The first kappa shape index (κ1) is 13.0. The van der Waals surface area contributed by atoms with Crippen molar-refractivity contribution in [3.05, 3.63) is 0 Å². The van der Waals surface area contributed by atoms with Crippen LogP contribution in [0.15, 0.2) is 0 Å². The molecular formula is C13H28. The molecule has 0 bridgehead atoms. The van der Waals surface area contributed by atoms with E-state index in [1.165, 1.54) is 19.3 Å². The van der Waals surface area contributed by atoms with Crippen LogP contribution in [0.4, 0.5) is 0 Å². The lowest BCUT2D eigenvalue weighted by Gasteiger charge is -2.26. The quantitative estimate of drug-likeness (QED) is 0.581. The van der Waals surface area contributed by atoms with E-state index in [2.05, 4.69) is 27.7 Å². The molecule has 1 aliphatic carbocycles. The molecule has 0 radical (unpaired) electrons. The highest BCUT2D eigenvalue weighted by Gasteiger charge is 2.31. The normalized spacial score (nSPS) is 27.7. The molecule has 0 aliphatic heterocycles. The minimum Gasteiger partial charge on any atom is -0.0683 e. The van der Waals surface area contributed by atoms with Gasteiger partial charge in [0.1, 0.15) is 0 Å². The Balaban J connectivity index is 0.000000671. The maximum atomic E-state index is 2.38. The van der Waals surface area contributed by atoms with Crippen LogP contribution in [0.2, 0.25) is 0 Å². The van der Waals surface area contributed by atoms with Crippen LogP contribution in [0.3, 0.4) is 0 Å². The minimum absolute atomic E-state index is 0.907. The molecule has 1 fully saturated rings. The van der Waals surface area contributed by atoms with E-state index in [9.17, 15) is 0 Å². The van der Waals surface area contributed by atoms with Crippen LogP contribution < -0.4 is 0 Å². The summed E-state index contributed by atoms with van der Waals surface area (Å²) in [5, 5.41) is 0. The molecule has 13 heavy (non-hydrogen) atoms. The van der Waals surface area contributed by atoms with Gasteiger partial charge < -0.3 is 0 Å². The Morgan fingerprint density at radius 2 is 1.08 bits per heavy atom. The lowest BCUT2D eigenvalue weighted by atomic mass is 9.80. The molecule has 0 unspecified atom stereocenters. The summed E-state index contributed by atoms with van der Waals surface area (Å²) in [5.41, 5.74) is 0. The maximum Gasteiger partial charge on any atom is -0.0360 e. The van der Waals surface area contributed by atoms with Crippen molar-refractivity contribution in [1.82, 2.24) is 0 Å². The summed E-state index contributed by atoms with van der Waals surface area (Å²) in [7, 11) is 0. The van der Waals surface area contributed by atoms with Gasteiger partial charge in [-0.25, -0.2) is 0 Å². The van der Waals surface area contributed by atoms with Gasteiger partial charge in [-0.2, -0.15) is 0 Å². The van der Waals surface area contributed by atoms with Crippen LogP contribution in [-0.2, 0) is 0 Å². The van der Waals surface area contributed by atoms with Crippen LogP contribution in [0.5, 0.6) is 0 Å². The third-order valence-electron chi connectivity index (χ3n) is 3.34. The van der Waals surface area contributed by atoms with Crippen molar-refractivity contribution in [2.24, 2.45) is 23.7 Å². The molecule has 0 heteroatoms. The molecule has 0 N–H and O–H groups in total. The molecule has 0 amide bonds. The van der Waals surface area contributed by atoms with Gasteiger partial charge in [-0.05, 0) is 36.5 Å². The molecule has 0 aromatic rings. The van der Waals surface area contributed by atoms with E-state index in [0.717, 1.165) is 23.7 Å².